The average molecular weight is 445 g/mol. The molecule has 0 aliphatic heterocycles. The van der Waals surface area contributed by atoms with Crippen LogP contribution >= 0.6 is 0 Å². The van der Waals surface area contributed by atoms with Gasteiger partial charge in [-0.05, 0) is 125 Å². The van der Waals surface area contributed by atoms with Crippen molar-refractivity contribution in [3.05, 3.63) is 0 Å². The highest BCUT2D eigenvalue weighted by atomic mass is 16.6. The van der Waals surface area contributed by atoms with E-state index < -0.39 is 0 Å². The van der Waals surface area contributed by atoms with Crippen molar-refractivity contribution in [3.63, 3.8) is 0 Å². The van der Waals surface area contributed by atoms with Gasteiger partial charge in [0, 0.05) is 6.42 Å². The second-order valence-corrected chi connectivity index (χ2v) is 13.9. The normalized spacial score (nSPS) is 42.5. The quantitative estimate of drug-likeness (QED) is 0.303. The Bertz CT molecular complexity index is 662. The predicted octanol–water partition coefficient (Wildman–Crippen LogP) is 8.57. The molecule has 6 unspecified atom stereocenters. The van der Waals surface area contributed by atoms with E-state index in [0.717, 1.165) is 41.9 Å². The van der Waals surface area contributed by atoms with E-state index >= 15 is 0 Å². The Kier molecular flexibility index (Phi) is 7.11. The molecule has 4 aliphatic rings. The van der Waals surface area contributed by atoms with Crippen molar-refractivity contribution in [2.45, 2.75) is 137 Å². The van der Waals surface area contributed by atoms with E-state index in [9.17, 15) is 4.79 Å². The second kappa shape index (κ2) is 9.26. The lowest BCUT2D eigenvalue weighted by atomic mass is 9.44. The van der Waals surface area contributed by atoms with Crippen LogP contribution in [0.2, 0.25) is 0 Å². The zero-order valence-corrected chi connectivity index (χ0v) is 22.2. The van der Waals surface area contributed by atoms with Crippen LogP contribution in [0.4, 0.5) is 0 Å². The summed E-state index contributed by atoms with van der Waals surface area (Å²) in [5, 5.41) is 0. The average Bonchev–Trinajstić information content (AvgIpc) is 3.06. The third-order valence-corrected chi connectivity index (χ3v) is 11.1. The molecule has 0 N–H and O–H groups in total. The van der Waals surface area contributed by atoms with E-state index in [4.69, 9.17) is 4.74 Å². The molecule has 4 saturated carbocycles. The minimum atomic E-state index is -0.357. The first-order chi connectivity index (χ1) is 15.0. The number of hydrogen-bond donors (Lipinski definition) is 0. The van der Waals surface area contributed by atoms with Gasteiger partial charge in [0.2, 0.25) is 0 Å². The van der Waals surface area contributed by atoms with Gasteiger partial charge in [0.25, 0.3) is 0 Å². The topological polar surface area (TPSA) is 26.3 Å². The maximum atomic E-state index is 12.0. The van der Waals surface area contributed by atoms with Crippen molar-refractivity contribution in [2.75, 3.05) is 0 Å². The summed E-state index contributed by atoms with van der Waals surface area (Å²) in [6.45, 7) is 13.8. The first-order valence-corrected chi connectivity index (χ1v) is 14.3. The number of carbonyl (C=O) groups is 1. The SMILES string of the molecule is C[C@H](CCCCC(=O)OC(C)(C)C)C1CCC2C3CCC4CCCCC4(C)C3CC[C@@]21C. The molecular formula is C30H52O2. The van der Waals surface area contributed by atoms with Crippen LogP contribution in [0.15, 0.2) is 0 Å². The minimum absolute atomic E-state index is 0.0248. The van der Waals surface area contributed by atoms with Gasteiger partial charge in [0.15, 0.2) is 0 Å². The van der Waals surface area contributed by atoms with E-state index in [0.29, 0.717) is 17.3 Å². The van der Waals surface area contributed by atoms with Gasteiger partial charge in [0.1, 0.15) is 5.60 Å². The summed E-state index contributed by atoms with van der Waals surface area (Å²) >= 11 is 0. The number of ether oxygens (including phenoxy) is 1. The highest BCUT2D eigenvalue weighted by Crippen LogP contribution is 2.68. The molecule has 32 heavy (non-hydrogen) atoms. The van der Waals surface area contributed by atoms with Crippen molar-refractivity contribution >= 4 is 5.97 Å². The Hall–Kier alpha value is -0.530. The fourth-order valence-corrected chi connectivity index (χ4v) is 9.60. The largest absolute Gasteiger partial charge is 0.460 e. The van der Waals surface area contributed by atoms with Gasteiger partial charge in [-0.2, -0.15) is 0 Å². The van der Waals surface area contributed by atoms with Gasteiger partial charge >= 0.3 is 5.97 Å². The molecule has 0 aromatic heterocycles. The standard InChI is InChI=1S/C30H52O2/c1-21(11-7-8-13-27(31)32-28(2,3)4)24-16-17-25-23-15-14-22-12-9-10-19-29(22,5)26(23)18-20-30(24,25)6/h21-26H,7-20H2,1-6H3/t21-,22?,23?,24?,25?,26?,29?,30-/m1/s1. The van der Waals surface area contributed by atoms with Crippen LogP contribution in [0.5, 0.6) is 0 Å². The highest BCUT2D eigenvalue weighted by molar-refractivity contribution is 5.69. The molecule has 184 valence electrons. The van der Waals surface area contributed by atoms with Crippen molar-refractivity contribution in [1.29, 1.82) is 0 Å². The van der Waals surface area contributed by atoms with Crippen LogP contribution in [0.3, 0.4) is 0 Å². The first kappa shape index (κ1) is 24.6. The van der Waals surface area contributed by atoms with Gasteiger partial charge in [0.05, 0.1) is 0 Å². The molecule has 8 atom stereocenters. The Morgan fingerprint density at radius 1 is 0.906 bits per heavy atom. The Morgan fingerprint density at radius 3 is 2.41 bits per heavy atom. The fraction of sp³-hybridized carbons (Fsp3) is 0.967. The molecule has 2 nitrogen and oxygen atoms in total. The summed E-state index contributed by atoms with van der Waals surface area (Å²) in [6, 6.07) is 0. The van der Waals surface area contributed by atoms with Gasteiger partial charge in [-0.25, -0.2) is 0 Å². The second-order valence-electron chi connectivity index (χ2n) is 13.9. The number of hydrogen-bond acceptors (Lipinski definition) is 2. The summed E-state index contributed by atoms with van der Waals surface area (Å²) < 4.78 is 5.49. The van der Waals surface area contributed by atoms with E-state index in [-0.39, 0.29) is 11.6 Å². The zero-order chi connectivity index (χ0) is 23.1. The van der Waals surface area contributed by atoms with Crippen molar-refractivity contribution in [3.8, 4) is 0 Å². The molecule has 0 aromatic rings. The van der Waals surface area contributed by atoms with Crippen LogP contribution < -0.4 is 0 Å². The summed E-state index contributed by atoms with van der Waals surface area (Å²) in [5.74, 6) is 5.70. The lowest BCUT2D eigenvalue weighted by molar-refractivity contribution is -0.154. The molecule has 2 heteroatoms. The fourth-order valence-electron chi connectivity index (χ4n) is 9.60. The summed E-state index contributed by atoms with van der Waals surface area (Å²) in [5.41, 5.74) is 0.877. The molecule has 0 aromatic carbocycles. The number of unbranched alkanes of at least 4 members (excludes halogenated alkanes) is 1. The molecule has 0 bridgehead atoms. The number of esters is 1. The number of carbonyl (C=O) groups excluding carboxylic acids is 1. The van der Waals surface area contributed by atoms with E-state index in [1.165, 1.54) is 77.0 Å². The molecule has 0 heterocycles. The summed E-state index contributed by atoms with van der Waals surface area (Å²) in [7, 11) is 0. The Labute approximate surface area is 199 Å². The van der Waals surface area contributed by atoms with Crippen LogP contribution in [0.25, 0.3) is 0 Å². The maximum Gasteiger partial charge on any atom is 0.306 e. The third-order valence-electron chi connectivity index (χ3n) is 11.1. The lowest BCUT2D eigenvalue weighted by Gasteiger charge is -2.61. The van der Waals surface area contributed by atoms with Gasteiger partial charge < -0.3 is 4.74 Å². The molecular weight excluding hydrogens is 392 g/mol. The molecule has 0 spiro atoms. The number of fused-ring (bicyclic) bond motifs is 5. The Balaban J connectivity index is 1.32. The lowest BCUT2D eigenvalue weighted by Crippen LogP contribution is -2.53. The molecule has 4 fully saturated rings. The molecule has 0 amide bonds. The smallest absolute Gasteiger partial charge is 0.306 e. The van der Waals surface area contributed by atoms with Crippen LogP contribution in [0, 0.1) is 46.3 Å². The van der Waals surface area contributed by atoms with Crippen LogP contribution in [-0.4, -0.2) is 11.6 Å². The minimum Gasteiger partial charge on any atom is -0.460 e. The van der Waals surface area contributed by atoms with Crippen LogP contribution in [-0.2, 0) is 9.53 Å². The van der Waals surface area contributed by atoms with E-state index in [1.807, 2.05) is 20.8 Å². The van der Waals surface area contributed by atoms with Crippen molar-refractivity contribution in [1.82, 2.24) is 0 Å². The highest BCUT2D eigenvalue weighted by Gasteiger charge is 2.60. The van der Waals surface area contributed by atoms with Crippen LogP contribution in [0.1, 0.15) is 131 Å². The third kappa shape index (κ3) is 4.68. The molecule has 0 radical (unpaired) electrons. The van der Waals surface area contributed by atoms with Crippen molar-refractivity contribution in [2.24, 2.45) is 46.3 Å². The first-order valence-electron chi connectivity index (χ1n) is 14.3. The zero-order valence-electron chi connectivity index (χ0n) is 22.2. The summed E-state index contributed by atoms with van der Waals surface area (Å²) in [4.78, 5) is 12.0. The van der Waals surface area contributed by atoms with Gasteiger partial charge in [-0.1, -0.05) is 46.5 Å². The molecule has 0 saturated heterocycles. The molecule has 4 aliphatic carbocycles. The van der Waals surface area contributed by atoms with Gasteiger partial charge in [-0.15, -0.1) is 0 Å². The van der Waals surface area contributed by atoms with E-state index in [1.54, 1.807) is 0 Å². The van der Waals surface area contributed by atoms with Gasteiger partial charge in [-0.3, -0.25) is 4.79 Å². The Morgan fingerprint density at radius 2 is 1.66 bits per heavy atom. The summed E-state index contributed by atoms with van der Waals surface area (Å²) in [6.07, 6.45) is 19.0. The number of rotatable bonds is 6. The van der Waals surface area contributed by atoms with Crippen molar-refractivity contribution < 1.29 is 9.53 Å². The predicted molar refractivity (Wildman–Crippen MR) is 133 cm³/mol. The van der Waals surface area contributed by atoms with E-state index in [2.05, 4.69) is 20.8 Å². The maximum absolute atomic E-state index is 12.0. The molecule has 4 rings (SSSR count). The monoisotopic (exact) mass is 444 g/mol.